The van der Waals surface area contributed by atoms with Crippen LogP contribution in [-0.2, 0) is 0 Å². The summed E-state index contributed by atoms with van der Waals surface area (Å²) in [5.74, 6) is 1.69. The summed E-state index contributed by atoms with van der Waals surface area (Å²) in [6, 6.07) is 4.25. The van der Waals surface area contributed by atoms with Gasteiger partial charge >= 0.3 is 0 Å². The van der Waals surface area contributed by atoms with Gasteiger partial charge < -0.3 is 0 Å². The quantitative estimate of drug-likeness (QED) is 0.789. The van der Waals surface area contributed by atoms with Crippen molar-refractivity contribution in [3.63, 3.8) is 0 Å². The summed E-state index contributed by atoms with van der Waals surface area (Å²) in [5, 5.41) is 4.26. The van der Waals surface area contributed by atoms with Gasteiger partial charge in [0.2, 0.25) is 0 Å². The molecule has 0 spiro atoms. The molecule has 2 heterocycles. The van der Waals surface area contributed by atoms with E-state index in [2.05, 4.69) is 22.2 Å². The largest absolute Gasteiger partial charge is 0.237 e. The Hall–Kier alpha value is -1.64. The fourth-order valence-electron chi connectivity index (χ4n) is 1.77. The molecule has 3 heteroatoms. The lowest BCUT2D eigenvalue weighted by Gasteiger charge is -2.02. The highest BCUT2D eigenvalue weighted by molar-refractivity contribution is 5.31. The van der Waals surface area contributed by atoms with Crippen molar-refractivity contribution >= 4 is 0 Å². The first-order valence-corrected chi connectivity index (χ1v) is 6.30. The van der Waals surface area contributed by atoms with Gasteiger partial charge in [-0.3, -0.25) is 0 Å². The smallest absolute Gasteiger partial charge is 0.153 e. The van der Waals surface area contributed by atoms with E-state index in [1.54, 1.807) is 0 Å². The highest BCUT2D eigenvalue weighted by atomic mass is 15.3. The summed E-state index contributed by atoms with van der Waals surface area (Å²) in [6.45, 7) is 6.04. The first-order chi connectivity index (χ1) is 8.33. The standard InChI is InChI=1S/C12H13N3.C2H6/c1-9-7-14-15(8-9)12-6-11(4-5-13-12)10-2-3-10;1-2/h4-8,10H,2-3H2,1H3;1-2H3. The van der Waals surface area contributed by atoms with Crippen LogP contribution in [0.2, 0.25) is 0 Å². The van der Waals surface area contributed by atoms with E-state index < -0.39 is 0 Å². The normalized spacial score (nSPS) is 14.1. The number of rotatable bonds is 2. The molecule has 0 aliphatic heterocycles. The summed E-state index contributed by atoms with van der Waals surface area (Å²) in [7, 11) is 0. The minimum absolute atomic E-state index is 0.767. The lowest BCUT2D eigenvalue weighted by Crippen LogP contribution is -1.98. The molecule has 2 aromatic rings. The van der Waals surface area contributed by atoms with E-state index in [4.69, 9.17) is 0 Å². The Morgan fingerprint density at radius 2 is 2.06 bits per heavy atom. The Morgan fingerprint density at radius 3 is 2.65 bits per heavy atom. The van der Waals surface area contributed by atoms with Gasteiger partial charge in [-0.15, -0.1) is 0 Å². The molecular weight excluding hydrogens is 210 g/mol. The molecule has 0 bridgehead atoms. The van der Waals surface area contributed by atoms with Crippen molar-refractivity contribution in [3.8, 4) is 5.82 Å². The molecule has 1 aliphatic rings. The molecule has 17 heavy (non-hydrogen) atoms. The molecule has 3 nitrogen and oxygen atoms in total. The first kappa shape index (κ1) is 11.8. The zero-order valence-electron chi connectivity index (χ0n) is 10.7. The molecule has 0 amide bonds. The highest BCUT2D eigenvalue weighted by Crippen LogP contribution is 2.40. The van der Waals surface area contributed by atoms with E-state index in [1.807, 2.05) is 44.0 Å². The first-order valence-electron chi connectivity index (χ1n) is 6.30. The van der Waals surface area contributed by atoms with Crippen LogP contribution >= 0.6 is 0 Å². The van der Waals surface area contributed by atoms with Crippen molar-refractivity contribution in [3.05, 3.63) is 41.9 Å². The Labute approximate surface area is 103 Å². The predicted molar refractivity (Wildman–Crippen MR) is 69.4 cm³/mol. The number of aromatic nitrogens is 3. The Balaban J connectivity index is 0.000000514. The molecule has 3 rings (SSSR count). The van der Waals surface area contributed by atoms with Gasteiger partial charge in [0.05, 0.1) is 6.20 Å². The lowest BCUT2D eigenvalue weighted by atomic mass is 10.2. The fraction of sp³-hybridized carbons (Fsp3) is 0.429. The number of hydrogen-bond donors (Lipinski definition) is 0. The zero-order chi connectivity index (χ0) is 12.3. The number of nitrogens with zero attached hydrogens (tertiary/aromatic N) is 3. The van der Waals surface area contributed by atoms with Crippen LogP contribution < -0.4 is 0 Å². The van der Waals surface area contributed by atoms with Gasteiger partial charge in [-0.25, -0.2) is 9.67 Å². The fourth-order valence-corrected chi connectivity index (χ4v) is 1.77. The molecule has 1 aliphatic carbocycles. The molecule has 90 valence electrons. The highest BCUT2D eigenvalue weighted by Gasteiger charge is 2.23. The van der Waals surface area contributed by atoms with E-state index in [9.17, 15) is 0 Å². The third-order valence-corrected chi connectivity index (χ3v) is 2.76. The van der Waals surface area contributed by atoms with Crippen LogP contribution in [0.5, 0.6) is 0 Å². The predicted octanol–water partition coefficient (Wildman–Crippen LogP) is 3.48. The van der Waals surface area contributed by atoms with Gasteiger partial charge in [-0.1, -0.05) is 13.8 Å². The van der Waals surface area contributed by atoms with Crippen LogP contribution in [0.4, 0.5) is 0 Å². The SMILES string of the molecule is CC.Cc1cnn(-c2cc(C3CC3)ccn2)c1. The van der Waals surface area contributed by atoms with Crippen LogP contribution in [0.15, 0.2) is 30.7 Å². The van der Waals surface area contributed by atoms with Crippen molar-refractivity contribution in [1.82, 2.24) is 14.8 Å². The Kier molecular flexibility index (Phi) is 3.57. The number of aryl methyl sites for hydroxylation is 1. The van der Waals surface area contributed by atoms with Crippen molar-refractivity contribution in [2.75, 3.05) is 0 Å². The van der Waals surface area contributed by atoms with Crippen LogP contribution in [0, 0.1) is 6.92 Å². The van der Waals surface area contributed by atoms with Crippen LogP contribution in [0.1, 0.15) is 43.7 Å². The number of pyridine rings is 1. The summed E-state index contributed by atoms with van der Waals surface area (Å²) >= 11 is 0. The summed E-state index contributed by atoms with van der Waals surface area (Å²) < 4.78 is 1.83. The molecule has 1 saturated carbocycles. The molecule has 0 atom stereocenters. The second-order valence-electron chi connectivity index (χ2n) is 4.18. The number of hydrogen-bond acceptors (Lipinski definition) is 2. The van der Waals surface area contributed by atoms with E-state index in [-0.39, 0.29) is 0 Å². The van der Waals surface area contributed by atoms with E-state index in [0.717, 1.165) is 17.3 Å². The Bertz CT molecular complexity index is 484. The maximum Gasteiger partial charge on any atom is 0.153 e. The maximum atomic E-state index is 4.33. The van der Waals surface area contributed by atoms with Crippen molar-refractivity contribution in [1.29, 1.82) is 0 Å². The summed E-state index contributed by atoms with van der Waals surface area (Å²) in [5.41, 5.74) is 2.56. The van der Waals surface area contributed by atoms with Gasteiger partial charge in [0.25, 0.3) is 0 Å². The van der Waals surface area contributed by atoms with Crippen LogP contribution in [0.25, 0.3) is 5.82 Å². The summed E-state index contributed by atoms with van der Waals surface area (Å²) in [4.78, 5) is 4.33. The maximum absolute atomic E-state index is 4.33. The van der Waals surface area contributed by atoms with Crippen LogP contribution in [0.3, 0.4) is 0 Å². The van der Waals surface area contributed by atoms with Gasteiger partial charge in [0, 0.05) is 12.4 Å². The second-order valence-corrected chi connectivity index (χ2v) is 4.18. The lowest BCUT2D eigenvalue weighted by molar-refractivity contribution is 0.842. The minimum Gasteiger partial charge on any atom is -0.237 e. The van der Waals surface area contributed by atoms with Gasteiger partial charge in [0.15, 0.2) is 5.82 Å². The third-order valence-electron chi connectivity index (χ3n) is 2.76. The molecule has 0 unspecified atom stereocenters. The van der Waals surface area contributed by atoms with Crippen molar-refractivity contribution in [2.24, 2.45) is 0 Å². The van der Waals surface area contributed by atoms with E-state index in [1.165, 1.54) is 18.4 Å². The van der Waals surface area contributed by atoms with Crippen LogP contribution in [-0.4, -0.2) is 14.8 Å². The average molecular weight is 229 g/mol. The van der Waals surface area contributed by atoms with Gasteiger partial charge in [-0.05, 0) is 48.9 Å². The molecule has 0 saturated heterocycles. The Morgan fingerprint density at radius 1 is 1.29 bits per heavy atom. The van der Waals surface area contributed by atoms with E-state index in [0.29, 0.717) is 0 Å². The molecule has 2 aromatic heterocycles. The average Bonchev–Trinajstić information content (AvgIpc) is 3.15. The van der Waals surface area contributed by atoms with Gasteiger partial charge in [-0.2, -0.15) is 5.10 Å². The van der Waals surface area contributed by atoms with E-state index >= 15 is 0 Å². The minimum atomic E-state index is 0.767. The molecular formula is C14H19N3. The molecule has 0 aromatic carbocycles. The molecule has 0 N–H and O–H groups in total. The summed E-state index contributed by atoms with van der Waals surface area (Å²) in [6.07, 6.45) is 8.37. The van der Waals surface area contributed by atoms with Gasteiger partial charge in [0.1, 0.15) is 0 Å². The third kappa shape index (κ3) is 2.73. The van der Waals surface area contributed by atoms with Crippen molar-refractivity contribution < 1.29 is 0 Å². The molecule has 1 fully saturated rings. The van der Waals surface area contributed by atoms with Crippen molar-refractivity contribution in [2.45, 2.75) is 39.5 Å². The zero-order valence-corrected chi connectivity index (χ0v) is 10.7. The monoisotopic (exact) mass is 229 g/mol. The topological polar surface area (TPSA) is 30.7 Å². The second kappa shape index (κ2) is 5.13. The molecule has 0 radical (unpaired) electrons.